The zero-order chi connectivity index (χ0) is 17.4. The SMILES string of the molecule is CCCO[Si](OCCC)(OCCC)C(CCC)C1CCC2OC2C1. The van der Waals surface area contributed by atoms with E-state index < -0.39 is 8.80 Å². The van der Waals surface area contributed by atoms with Gasteiger partial charge in [0, 0.05) is 25.4 Å². The van der Waals surface area contributed by atoms with Gasteiger partial charge in [-0.2, -0.15) is 0 Å². The van der Waals surface area contributed by atoms with E-state index in [0.29, 0.717) is 23.7 Å². The van der Waals surface area contributed by atoms with Crippen molar-refractivity contribution in [1.82, 2.24) is 0 Å². The van der Waals surface area contributed by atoms with Gasteiger partial charge in [0.25, 0.3) is 0 Å². The van der Waals surface area contributed by atoms with E-state index in [-0.39, 0.29) is 0 Å². The van der Waals surface area contributed by atoms with Gasteiger partial charge in [0.15, 0.2) is 0 Å². The van der Waals surface area contributed by atoms with Crippen molar-refractivity contribution in [3.63, 3.8) is 0 Å². The number of fused-ring (bicyclic) bond motifs is 1. The summed E-state index contributed by atoms with van der Waals surface area (Å²) >= 11 is 0. The molecule has 2 fully saturated rings. The van der Waals surface area contributed by atoms with Gasteiger partial charge in [-0.3, -0.25) is 0 Å². The van der Waals surface area contributed by atoms with E-state index in [9.17, 15) is 0 Å². The number of rotatable bonds is 13. The largest absolute Gasteiger partial charge is 0.504 e. The lowest BCUT2D eigenvalue weighted by molar-refractivity contribution is 0.0388. The average Bonchev–Trinajstić information content (AvgIpc) is 3.38. The molecule has 1 heterocycles. The molecule has 4 unspecified atom stereocenters. The fourth-order valence-electron chi connectivity index (χ4n) is 3.99. The van der Waals surface area contributed by atoms with E-state index in [1.807, 2.05) is 0 Å². The molecule has 0 aromatic carbocycles. The van der Waals surface area contributed by atoms with E-state index in [1.165, 1.54) is 19.3 Å². The molecule has 1 saturated carbocycles. The van der Waals surface area contributed by atoms with Crippen molar-refractivity contribution < 1.29 is 18.0 Å². The maximum atomic E-state index is 6.45. The van der Waals surface area contributed by atoms with E-state index in [0.717, 1.165) is 51.9 Å². The summed E-state index contributed by atoms with van der Waals surface area (Å²) in [5.74, 6) is 0.630. The topological polar surface area (TPSA) is 40.2 Å². The second-order valence-corrected chi connectivity index (χ2v) is 10.1. The van der Waals surface area contributed by atoms with Crippen molar-refractivity contribution >= 4 is 8.80 Å². The first-order valence-corrected chi connectivity index (χ1v) is 12.1. The molecule has 24 heavy (non-hydrogen) atoms. The first-order chi connectivity index (χ1) is 11.7. The number of ether oxygens (including phenoxy) is 1. The van der Waals surface area contributed by atoms with Crippen LogP contribution in [-0.2, 0) is 18.0 Å². The lowest BCUT2D eigenvalue weighted by Gasteiger charge is -2.40. The van der Waals surface area contributed by atoms with Crippen molar-refractivity contribution in [2.24, 2.45) is 5.92 Å². The van der Waals surface area contributed by atoms with Gasteiger partial charge in [0.2, 0.25) is 0 Å². The van der Waals surface area contributed by atoms with Crippen LogP contribution in [0, 0.1) is 5.92 Å². The molecule has 4 atom stereocenters. The van der Waals surface area contributed by atoms with Crippen LogP contribution in [0.1, 0.15) is 79.1 Å². The van der Waals surface area contributed by atoms with Crippen LogP contribution in [0.3, 0.4) is 0 Å². The standard InChI is InChI=1S/C19H38O4Si/c1-5-9-19(16-10-11-17-18(15-16)23-17)24(20-12-6-2,21-13-7-3)22-14-8-4/h16-19H,5-15H2,1-4H3. The zero-order valence-electron chi connectivity index (χ0n) is 16.2. The van der Waals surface area contributed by atoms with E-state index in [2.05, 4.69) is 27.7 Å². The molecule has 4 nitrogen and oxygen atoms in total. The normalized spacial score (nSPS) is 27.8. The molecule has 0 aromatic rings. The number of hydrogen-bond donors (Lipinski definition) is 0. The van der Waals surface area contributed by atoms with Gasteiger partial charge in [-0.15, -0.1) is 0 Å². The molecule has 2 rings (SSSR count). The van der Waals surface area contributed by atoms with Crippen molar-refractivity contribution in [2.45, 2.75) is 96.8 Å². The Morgan fingerprint density at radius 2 is 1.42 bits per heavy atom. The van der Waals surface area contributed by atoms with Gasteiger partial charge in [-0.1, -0.05) is 34.1 Å². The Morgan fingerprint density at radius 3 is 1.88 bits per heavy atom. The fraction of sp³-hybridized carbons (Fsp3) is 1.00. The van der Waals surface area contributed by atoms with Crippen molar-refractivity contribution in [2.75, 3.05) is 19.8 Å². The Morgan fingerprint density at radius 1 is 0.833 bits per heavy atom. The maximum Gasteiger partial charge on any atom is 0.504 e. The maximum absolute atomic E-state index is 6.45. The molecule has 0 radical (unpaired) electrons. The van der Waals surface area contributed by atoms with Gasteiger partial charge in [0.05, 0.1) is 12.2 Å². The molecule has 0 spiro atoms. The van der Waals surface area contributed by atoms with Crippen LogP contribution in [0.15, 0.2) is 0 Å². The Labute approximate surface area is 150 Å². The highest BCUT2D eigenvalue weighted by atomic mass is 28.4. The predicted molar refractivity (Wildman–Crippen MR) is 99.1 cm³/mol. The van der Waals surface area contributed by atoms with E-state index >= 15 is 0 Å². The van der Waals surface area contributed by atoms with Crippen LogP contribution in [-0.4, -0.2) is 40.8 Å². The quantitative estimate of drug-likeness (QED) is 0.345. The van der Waals surface area contributed by atoms with Crippen LogP contribution in [0.2, 0.25) is 5.54 Å². The molecule has 0 bridgehead atoms. The minimum atomic E-state index is -2.66. The third-order valence-electron chi connectivity index (χ3n) is 5.19. The summed E-state index contributed by atoms with van der Waals surface area (Å²) in [6.07, 6.45) is 9.99. The van der Waals surface area contributed by atoms with Gasteiger partial charge < -0.3 is 18.0 Å². The highest BCUT2D eigenvalue weighted by molar-refractivity contribution is 6.62. The summed E-state index contributed by atoms with van der Waals surface area (Å²) in [6, 6.07) is 0. The summed E-state index contributed by atoms with van der Waals surface area (Å²) in [5, 5.41) is 0. The van der Waals surface area contributed by atoms with Crippen molar-refractivity contribution in [1.29, 1.82) is 0 Å². The van der Waals surface area contributed by atoms with Gasteiger partial charge in [-0.05, 0) is 50.9 Å². The molecular weight excluding hydrogens is 320 g/mol. The lowest BCUT2D eigenvalue weighted by Crippen LogP contribution is -2.53. The molecule has 1 aliphatic heterocycles. The molecule has 142 valence electrons. The molecular formula is C19H38O4Si. The second-order valence-electron chi connectivity index (χ2n) is 7.33. The first kappa shape index (κ1) is 20.4. The summed E-state index contributed by atoms with van der Waals surface area (Å²) in [7, 11) is -2.66. The molecule has 1 aliphatic carbocycles. The van der Waals surface area contributed by atoms with Gasteiger partial charge in [-0.25, -0.2) is 0 Å². The van der Waals surface area contributed by atoms with Crippen molar-refractivity contribution in [3.8, 4) is 0 Å². The zero-order valence-corrected chi connectivity index (χ0v) is 17.2. The van der Waals surface area contributed by atoms with E-state index in [4.69, 9.17) is 18.0 Å². The fourth-order valence-corrected chi connectivity index (χ4v) is 7.87. The Hall–Kier alpha value is 0.0569. The minimum absolute atomic E-state index is 0.428. The van der Waals surface area contributed by atoms with Crippen LogP contribution in [0.4, 0.5) is 0 Å². The average molecular weight is 359 g/mol. The molecule has 5 heteroatoms. The molecule has 0 aromatic heterocycles. The third-order valence-corrected chi connectivity index (χ3v) is 8.68. The summed E-state index contributed by atoms with van der Waals surface area (Å²) in [5.41, 5.74) is 0.428. The first-order valence-electron chi connectivity index (χ1n) is 10.3. The summed E-state index contributed by atoms with van der Waals surface area (Å²) in [4.78, 5) is 0. The monoisotopic (exact) mass is 358 g/mol. The van der Waals surface area contributed by atoms with Crippen LogP contribution in [0.25, 0.3) is 0 Å². The smallest absolute Gasteiger partial charge is 0.373 e. The number of epoxide rings is 1. The van der Waals surface area contributed by atoms with Crippen LogP contribution >= 0.6 is 0 Å². The Balaban J connectivity index is 2.18. The summed E-state index contributed by atoms with van der Waals surface area (Å²) in [6.45, 7) is 11.0. The Kier molecular flexibility index (Phi) is 8.71. The molecule has 0 N–H and O–H groups in total. The van der Waals surface area contributed by atoms with Crippen molar-refractivity contribution in [3.05, 3.63) is 0 Å². The van der Waals surface area contributed by atoms with Crippen LogP contribution in [0.5, 0.6) is 0 Å². The molecule has 0 amide bonds. The summed E-state index contributed by atoms with van der Waals surface area (Å²) < 4.78 is 25.1. The third kappa shape index (κ3) is 5.28. The lowest BCUT2D eigenvalue weighted by atomic mass is 9.85. The van der Waals surface area contributed by atoms with Gasteiger partial charge >= 0.3 is 8.80 Å². The predicted octanol–water partition coefficient (Wildman–Crippen LogP) is 4.94. The molecule has 1 saturated heterocycles. The highest BCUT2D eigenvalue weighted by Crippen LogP contribution is 2.49. The Bertz CT molecular complexity index is 330. The highest BCUT2D eigenvalue weighted by Gasteiger charge is 2.55. The second kappa shape index (κ2) is 10.3. The van der Waals surface area contributed by atoms with E-state index in [1.54, 1.807) is 0 Å². The minimum Gasteiger partial charge on any atom is -0.373 e. The van der Waals surface area contributed by atoms with Crippen LogP contribution < -0.4 is 0 Å². The number of hydrogen-bond acceptors (Lipinski definition) is 4. The van der Waals surface area contributed by atoms with Gasteiger partial charge in [0.1, 0.15) is 0 Å². The molecule has 2 aliphatic rings.